The smallest absolute Gasteiger partial charge is 0.475 e. The van der Waals surface area contributed by atoms with Gasteiger partial charge in [-0.3, -0.25) is 4.79 Å². The number of carbonyl (C=O) groups excluding carboxylic acids is 1. The normalized spacial score (nSPS) is 15.4. The number of hydrogen-bond donors (Lipinski definition) is 3. The molecule has 0 spiro atoms. The van der Waals surface area contributed by atoms with E-state index in [1.165, 1.54) is 34.8 Å². The minimum absolute atomic E-state index is 0.0145. The molecular formula is C21H20F3N3O6S3. The number of benzene rings is 1. The summed E-state index contributed by atoms with van der Waals surface area (Å²) in [5, 5.41) is 9.75. The predicted molar refractivity (Wildman–Crippen MR) is 126 cm³/mol. The number of thiazole rings is 1. The zero-order valence-electron chi connectivity index (χ0n) is 18.5. The highest BCUT2D eigenvalue weighted by molar-refractivity contribution is 7.90. The van der Waals surface area contributed by atoms with Gasteiger partial charge in [0, 0.05) is 34.5 Å². The van der Waals surface area contributed by atoms with E-state index in [4.69, 9.17) is 20.4 Å². The van der Waals surface area contributed by atoms with Crippen LogP contribution in [0.2, 0.25) is 0 Å². The Kier molecular flexibility index (Phi) is 8.51. The maximum Gasteiger partial charge on any atom is 0.490 e. The first-order chi connectivity index (χ1) is 16.8. The van der Waals surface area contributed by atoms with Crippen LogP contribution < -0.4 is 10.5 Å². The van der Waals surface area contributed by atoms with E-state index in [1.54, 1.807) is 18.2 Å². The van der Waals surface area contributed by atoms with Crippen LogP contribution in [0.1, 0.15) is 31.9 Å². The zero-order chi connectivity index (χ0) is 26.7. The zero-order valence-corrected chi connectivity index (χ0v) is 21.0. The van der Waals surface area contributed by atoms with Crippen LogP contribution in [-0.2, 0) is 26.0 Å². The Bertz CT molecular complexity index is 1370. The molecule has 0 aliphatic carbocycles. The quantitative estimate of drug-likeness (QED) is 0.427. The van der Waals surface area contributed by atoms with Crippen molar-refractivity contribution in [2.75, 3.05) is 13.2 Å². The van der Waals surface area contributed by atoms with Gasteiger partial charge in [0.25, 0.3) is 15.9 Å². The second-order valence-electron chi connectivity index (χ2n) is 7.39. The number of aromatic nitrogens is 1. The molecule has 9 nitrogen and oxygen atoms in total. The van der Waals surface area contributed by atoms with Gasteiger partial charge in [-0.25, -0.2) is 22.9 Å². The molecule has 36 heavy (non-hydrogen) atoms. The fourth-order valence-corrected chi connectivity index (χ4v) is 6.08. The highest BCUT2D eigenvalue weighted by Gasteiger charge is 2.38. The summed E-state index contributed by atoms with van der Waals surface area (Å²) in [6, 6.07) is 8.08. The number of rotatable bonds is 5. The Labute approximate surface area is 211 Å². The SMILES string of the molecule is Cc1csc(-c2cccc(S(=O)(=O)NC(=O)c3cc4c(s3)CCOC4CN)c2)n1.O=C(O)C(F)(F)F. The number of carbonyl (C=O) groups is 2. The highest BCUT2D eigenvalue weighted by atomic mass is 32.2. The van der Waals surface area contributed by atoms with Crippen molar-refractivity contribution >= 4 is 44.6 Å². The molecule has 3 heterocycles. The van der Waals surface area contributed by atoms with Gasteiger partial charge in [0.2, 0.25) is 0 Å². The van der Waals surface area contributed by atoms with E-state index in [1.807, 2.05) is 12.3 Å². The predicted octanol–water partition coefficient (Wildman–Crippen LogP) is 3.50. The average molecular weight is 564 g/mol. The summed E-state index contributed by atoms with van der Waals surface area (Å²) >= 11 is 2.72. The minimum atomic E-state index is -5.08. The molecule has 194 valence electrons. The number of ether oxygens (including phenoxy) is 1. The summed E-state index contributed by atoms with van der Waals surface area (Å²) in [6.07, 6.45) is -4.65. The van der Waals surface area contributed by atoms with Crippen LogP contribution >= 0.6 is 22.7 Å². The van der Waals surface area contributed by atoms with Crippen LogP contribution in [0.4, 0.5) is 13.2 Å². The second-order valence-corrected chi connectivity index (χ2v) is 11.1. The van der Waals surface area contributed by atoms with E-state index in [0.717, 1.165) is 21.1 Å². The number of halogens is 3. The molecule has 2 aromatic heterocycles. The van der Waals surface area contributed by atoms with Gasteiger partial charge in [0.1, 0.15) is 5.01 Å². The number of carboxylic acid groups (broad SMARTS) is 1. The van der Waals surface area contributed by atoms with Crippen LogP contribution in [0.15, 0.2) is 40.6 Å². The fraction of sp³-hybridized carbons (Fsp3) is 0.286. The molecule has 1 atom stereocenters. The topological polar surface area (TPSA) is 149 Å². The number of aryl methyl sites for hydroxylation is 1. The van der Waals surface area contributed by atoms with E-state index in [9.17, 15) is 26.4 Å². The lowest BCUT2D eigenvalue weighted by Crippen LogP contribution is -2.30. The molecule has 0 bridgehead atoms. The van der Waals surface area contributed by atoms with E-state index in [2.05, 4.69) is 9.71 Å². The summed E-state index contributed by atoms with van der Waals surface area (Å²) in [4.78, 5) is 27.3. The lowest BCUT2D eigenvalue weighted by Gasteiger charge is -2.21. The molecule has 3 aromatic rings. The molecule has 1 aromatic carbocycles. The maximum absolute atomic E-state index is 12.8. The Morgan fingerprint density at radius 3 is 2.58 bits per heavy atom. The van der Waals surface area contributed by atoms with Crippen molar-refractivity contribution in [1.29, 1.82) is 0 Å². The molecule has 15 heteroatoms. The molecule has 1 unspecified atom stereocenters. The highest BCUT2D eigenvalue weighted by Crippen LogP contribution is 2.33. The van der Waals surface area contributed by atoms with Crippen molar-refractivity contribution in [2.24, 2.45) is 5.73 Å². The summed E-state index contributed by atoms with van der Waals surface area (Å²) in [7, 11) is -4.02. The van der Waals surface area contributed by atoms with Crippen molar-refractivity contribution in [3.05, 3.63) is 56.7 Å². The Balaban J connectivity index is 0.000000454. The Morgan fingerprint density at radius 1 is 1.31 bits per heavy atom. The first-order valence-corrected chi connectivity index (χ1v) is 13.3. The summed E-state index contributed by atoms with van der Waals surface area (Å²) < 4.78 is 65.1. The summed E-state index contributed by atoms with van der Waals surface area (Å²) in [5.74, 6) is -3.41. The standard InChI is InChI=1S/C19H19N3O4S3.C2HF3O2/c1-11-10-27-19(21-11)12-3-2-4-13(7-12)29(24,25)22-18(23)17-8-14-15(9-20)26-6-5-16(14)28-17;3-2(4,5)1(6)7/h2-4,7-8,10,15H,5-6,9,20H2,1H3,(H,22,23);(H,6,7). The van der Waals surface area contributed by atoms with Crippen molar-refractivity contribution in [3.63, 3.8) is 0 Å². The fourth-order valence-electron chi connectivity index (χ4n) is 3.12. The molecule has 4 rings (SSSR count). The number of nitrogens with zero attached hydrogens (tertiary/aromatic N) is 1. The number of sulfonamides is 1. The first-order valence-electron chi connectivity index (χ1n) is 10.2. The lowest BCUT2D eigenvalue weighted by molar-refractivity contribution is -0.192. The average Bonchev–Trinajstić information content (AvgIpc) is 3.45. The van der Waals surface area contributed by atoms with E-state index >= 15 is 0 Å². The van der Waals surface area contributed by atoms with Crippen molar-refractivity contribution < 1.29 is 41.0 Å². The minimum Gasteiger partial charge on any atom is -0.475 e. The monoisotopic (exact) mass is 563 g/mol. The molecule has 0 radical (unpaired) electrons. The molecular weight excluding hydrogens is 543 g/mol. The largest absolute Gasteiger partial charge is 0.490 e. The van der Waals surface area contributed by atoms with E-state index < -0.39 is 28.1 Å². The number of nitrogens with two attached hydrogens (primary N) is 1. The number of thiophene rings is 1. The number of alkyl halides is 3. The summed E-state index contributed by atoms with van der Waals surface area (Å²) in [6.45, 7) is 2.73. The van der Waals surface area contributed by atoms with Gasteiger partial charge in [-0.15, -0.1) is 22.7 Å². The van der Waals surface area contributed by atoms with Crippen molar-refractivity contribution in [2.45, 2.75) is 30.5 Å². The number of nitrogens with one attached hydrogen (secondary N) is 1. The van der Waals surface area contributed by atoms with Crippen LogP contribution in [0.25, 0.3) is 10.6 Å². The van der Waals surface area contributed by atoms with Crippen molar-refractivity contribution in [3.8, 4) is 10.6 Å². The van der Waals surface area contributed by atoms with Crippen LogP contribution in [0.5, 0.6) is 0 Å². The van der Waals surface area contributed by atoms with Gasteiger partial charge in [0.05, 0.1) is 22.5 Å². The third-order valence-corrected chi connectivity index (χ3v) is 8.30. The van der Waals surface area contributed by atoms with Gasteiger partial charge in [-0.1, -0.05) is 12.1 Å². The van der Waals surface area contributed by atoms with Crippen molar-refractivity contribution in [1.82, 2.24) is 9.71 Å². The van der Waals surface area contributed by atoms with E-state index in [0.29, 0.717) is 30.0 Å². The lowest BCUT2D eigenvalue weighted by atomic mass is 10.1. The third kappa shape index (κ3) is 6.67. The van der Waals surface area contributed by atoms with Gasteiger partial charge in [-0.05, 0) is 30.7 Å². The van der Waals surface area contributed by atoms with Crippen LogP contribution in [-0.4, -0.2) is 49.7 Å². The van der Waals surface area contributed by atoms with Crippen LogP contribution in [0, 0.1) is 6.92 Å². The molecule has 1 aliphatic heterocycles. The third-order valence-electron chi connectivity index (χ3n) is 4.75. The van der Waals surface area contributed by atoms with Gasteiger partial charge in [-0.2, -0.15) is 13.2 Å². The maximum atomic E-state index is 12.8. The number of amides is 1. The number of carboxylic acids is 1. The molecule has 0 saturated heterocycles. The molecule has 1 aliphatic rings. The Morgan fingerprint density at radius 2 is 2.00 bits per heavy atom. The number of aliphatic carboxylic acids is 1. The van der Waals surface area contributed by atoms with Gasteiger partial charge in [0.15, 0.2) is 0 Å². The molecule has 1 amide bonds. The summed E-state index contributed by atoms with van der Waals surface area (Å²) in [5.41, 5.74) is 8.15. The number of fused-ring (bicyclic) bond motifs is 1. The van der Waals surface area contributed by atoms with Gasteiger partial charge < -0.3 is 15.6 Å². The molecule has 0 fully saturated rings. The van der Waals surface area contributed by atoms with Gasteiger partial charge >= 0.3 is 12.1 Å². The molecule has 4 N–H and O–H groups in total. The number of hydrogen-bond acceptors (Lipinski definition) is 9. The first kappa shape index (κ1) is 27.7. The second kappa shape index (κ2) is 11.0. The van der Waals surface area contributed by atoms with Crippen LogP contribution in [0.3, 0.4) is 0 Å². The Hall–Kier alpha value is -2.85. The van der Waals surface area contributed by atoms with E-state index in [-0.39, 0.29) is 11.0 Å². The molecule has 0 saturated carbocycles.